The molecule has 182 valence electrons. The molecule has 0 spiro atoms. The average molecular weight is 504 g/mol. The van der Waals surface area contributed by atoms with Gasteiger partial charge in [0.05, 0.1) is 24.1 Å². The highest BCUT2D eigenvalue weighted by molar-refractivity contribution is 8.00. The number of amidine groups is 1. The number of thioether (sulfide) groups is 1. The van der Waals surface area contributed by atoms with Gasteiger partial charge in [-0.1, -0.05) is 42.1 Å². The first kappa shape index (κ1) is 27.3. The first-order valence-corrected chi connectivity index (χ1v) is 10.8. The maximum atomic E-state index is 10.5. The number of nitriles is 2. The van der Waals surface area contributed by atoms with Crippen LogP contribution in [0.5, 0.6) is 0 Å². The van der Waals surface area contributed by atoms with E-state index in [1.165, 1.54) is 11.8 Å². The molecular formula is C22H19F3N6O3S. The number of carbonyl (C=O) groups excluding carboxylic acids is 1. The van der Waals surface area contributed by atoms with Crippen molar-refractivity contribution in [3.05, 3.63) is 53.9 Å². The number of nitrogens with zero attached hydrogens (tertiary/aromatic N) is 4. The summed E-state index contributed by atoms with van der Waals surface area (Å²) in [4.78, 5) is 17.6. The van der Waals surface area contributed by atoms with Gasteiger partial charge >= 0.3 is 6.18 Å². The van der Waals surface area contributed by atoms with E-state index in [2.05, 4.69) is 27.4 Å². The molecule has 1 aromatic carbocycles. The Kier molecular flexibility index (Phi) is 10.2. The van der Waals surface area contributed by atoms with Gasteiger partial charge in [-0.3, -0.25) is 5.32 Å². The molecule has 0 saturated carbocycles. The number of hydrogen-bond donors (Lipinski definition) is 2. The Bertz CT molecular complexity index is 1190. The fraction of sp³-hybridized carbons (Fsp3) is 0.227. The molecule has 0 aliphatic carbocycles. The lowest BCUT2D eigenvalue weighted by molar-refractivity contribution is -0.458. The number of anilines is 1. The van der Waals surface area contributed by atoms with Gasteiger partial charge in [0.15, 0.2) is 0 Å². The van der Waals surface area contributed by atoms with Crippen molar-refractivity contribution in [3.63, 3.8) is 0 Å². The lowest BCUT2D eigenvalue weighted by Crippen LogP contribution is -2.81. The van der Waals surface area contributed by atoms with E-state index in [0.29, 0.717) is 46.4 Å². The summed E-state index contributed by atoms with van der Waals surface area (Å²) in [5.74, 6) is -1.05. The Morgan fingerprint density at radius 3 is 2.40 bits per heavy atom. The van der Waals surface area contributed by atoms with E-state index in [4.69, 9.17) is 14.6 Å². The second kappa shape index (κ2) is 13.1. The Morgan fingerprint density at radius 1 is 1.23 bits per heavy atom. The number of rotatable bonds is 8. The number of aliphatic carboxylic acids is 1. The maximum Gasteiger partial charge on any atom is 0.430 e. The molecule has 0 atom stereocenters. The summed E-state index contributed by atoms with van der Waals surface area (Å²) in [6, 6.07) is 13.9. The number of halogens is 3. The maximum absolute atomic E-state index is 10.5. The Balaban J connectivity index is 0.000000540. The molecule has 2 aromatic rings. The van der Waals surface area contributed by atoms with E-state index in [1.807, 2.05) is 41.8 Å². The lowest BCUT2D eigenvalue weighted by Gasteiger charge is -2.15. The molecule has 2 heterocycles. The van der Waals surface area contributed by atoms with Crippen molar-refractivity contribution in [1.82, 2.24) is 4.98 Å². The molecule has 0 unspecified atom stereocenters. The van der Waals surface area contributed by atoms with Crippen LogP contribution in [0.15, 0.2) is 52.8 Å². The standard InChI is InChI=1S/C20H18N6OS.C2HF3O2/c1-27-10-9-25-19-15(11-21)18(14-5-3-2-4-6-14)16(12-22)20(26-19)28-13-17-23-7-8-24-17;3-2(4,5)1(6)7/h2-8H,9-10,13H2,1H3,(H,23,24)(H,25,26);(H,6,7). The minimum atomic E-state index is -5.19. The predicted molar refractivity (Wildman–Crippen MR) is 120 cm³/mol. The largest absolute Gasteiger partial charge is 0.542 e. The molecule has 0 fully saturated rings. The monoisotopic (exact) mass is 504 g/mol. The highest BCUT2D eigenvalue weighted by Crippen LogP contribution is 2.36. The number of aliphatic imine (C=N–C) groups is 1. The topological polar surface area (TPSA) is 151 Å². The summed E-state index contributed by atoms with van der Waals surface area (Å²) in [7, 11) is 1.61. The van der Waals surface area contributed by atoms with Crippen molar-refractivity contribution in [3.8, 4) is 23.3 Å². The van der Waals surface area contributed by atoms with Gasteiger partial charge in [-0.05, 0) is 5.56 Å². The van der Waals surface area contributed by atoms with Gasteiger partial charge in [0.25, 0.3) is 0 Å². The number of hydrogen-bond acceptors (Lipinski definition) is 9. The zero-order valence-corrected chi connectivity index (χ0v) is 19.1. The van der Waals surface area contributed by atoms with E-state index in [-0.39, 0.29) is 0 Å². The fourth-order valence-corrected chi connectivity index (χ4v) is 3.64. The number of methoxy groups -OCH3 is 1. The first-order chi connectivity index (χ1) is 16.7. The number of carbonyl (C=O) groups is 1. The van der Waals surface area contributed by atoms with Crippen molar-refractivity contribution in [2.24, 2.45) is 4.99 Å². The zero-order valence-electron chi connectivity index (χ0n) is 18.3. The zero-order chi connectivity index (χ0) is 25.8. The molecule has 0 bridgehead atoms. The molecule has 0 saturated heterocycles. The van der Waals surface area contributed by atoms with Gasteiger partial charge in [-0.2, -0.15) is 23.7 Å². The fourth-order valence-electron chi connectivity index (χ4n) is 2.74. The summed E-state index contributed by atoms with van der Waals surface area (Å²) in [6.45, 7) is 0.986. The van der Waals surface area contributed by atoms with Crippen molar-refractivity contribution >= 4 is 29.4 Å². The minimum Gasteiger partial charge on any atom is -0.542 e. The molecule has 0 amide bonds. The second-order valence-corrected chi connectivity index (χ2v) is 7.57. The number of benzene rings is 1. The highest BCUT2D eigenvalue weighted by Gasteiger charge is 2.28. The Hall–Kier alpha value is -3.91. The van der Waals surface area contributed by atoms with Gasteiger partial charge in [-0.25, -0.2) is 9.98 Å². The highest BCUT2D eigenvalue weighted by atomic mass is 32.2. The molecule has 1 aliphatic rings. The van der Waals surface area contributed by atoms with Crippen LogP contribution >= 0.6 is 11.8 Å². The van der Waals surface area contributed by atoms with Crippen molar-refractivity contribution in [1.29, 1.82) is 10.5 Å². The number of aromatic nitrogens is 1. The quantitative estimate of drug-likeness (QED) is 0.404. The SMILES string of the molecule is COCCNc1nc(SCC2=NC=C[NH2+]2)c(C#N)c(-c2ccccc2)c1C#N.O=C([O-])C(F)(F)F. The third-order valence-electron chi connectivity index (χ3n) is 4.25. The number of carboxylic acid groups (broad SMARTS) is 1. The van der Waals surface area contributed by atoms with E-state index < -0.39 is 12.1 Å². The molecule has 1 aliphatic heterocycles. The number of ether oxygens (including phenoxy) is 1. The van der Waals surface area contributed by atoms with Gasteiger partial charge in [-0.15, -0.1) is 0 Å². The van der Waals surface area contributed by atoms with Crippen LogP contribution in [-0.2, 0) is 9.53 Å². The molecule has 0 radical (unpaired) electrons. The summed E-state index contributed by atoms with van der Waals surface area (Å²) < 4.78 is 36.6. The van der Waals surface area contributed by atoms with Crippen LogP contribution in [-0.4, -0.2) is 49.0 Å². The van der Waals surface area contributed by atoms with Crippen LogP contribution in [0.1, 0.15) is 11.1 Å². The molecule has 13 heteroatoms. The number of pyridine rings is 1. The third kappa shape index (κ3) is 7.82. The third-order valence-corrected chi connectivity index (χ3v) is 5.26. The van der Waals surface area contributed by atoms with Gasteiger partial charge in [0.1, 0.15) is 40.7 Å². The molecule has 1 aromatic heterocycles. The smallest absolute Gasteiger partial charge is 0.430 e. The Labute approximate surface area is 203 Å². The summed E-state index contributed by atoms with van der Waals surface area (Å²) in [6.07, 6.45) is -1.58. The van der Waals surface area contributed by atoms with E-state index in [0.717, 1.165) is 11.4 Å². The van der Waals surface area contributed by atoms with E-state index in [1.54, 1.807) is 13.3 Å². The summed E-state index contributed by atoms with van der Waals surface area (Å²) in [5.41, 5.74) is 2.16. The van der Waals surface area contributed by atoms with E-state index in [9.17, 15) is 23.7 Å². The van der Waals surface area contributed by atoms with Crippen molar-refractivity contribution in [2.75, 3.05) is 31.3 Å². The van der Waals surface area contributed by atoms with Crippen LogP contribution in [0.2, 0.25) is 0 Å². The van der Waals surface area contributed by atoms with Crippen LogP contribution in [0.4, 0.5) is 19.0 Å². The average Bonchev–Trinajstić information content (AvgIpc) is 3.36. The molecule has 3 N–H and O–H groups in total. The number of carboxylic acids is 1. The van der Waals surface area contributed by atoms with E-state index >= 15 is 0 Å². The molecular weight excluding hydrogens is 485 g/mol. The van der Waals surface area contributed by atoms with Crippen LogP contribution in [0, 0.1) is 22.7 Å². The molecule has 35 heavy (non-hydrogen) atoms. The number of quaternary nitrogens is 1. The van der Waals surface area contributed by atoms with Crippen LogP contribution in [0.3, 0.4) is 0 Å². The van der Waals surface area contributed by atoms with Gasteiger partial charge in [0, 0.05) is 19.2 Å². The van der Waals surface area contributed by atoms with Crippen LogP contribution in [0.25, 0.3) is 11.1 Å². The second-order valence-electron chi connectivity index (χ2n) is 6.60. The van der Waals surface area contributed by atoms with Gasteiger partial charge < -0.3 is 20.0 Å². The Morgan fingerprint density at radius 2 is 1.89 bits per heavy atom. The number of nitrogens with two attached hydrogens (primary N) is 1. The number of nitrogens with one attached hydrogen (secondary N) is 1. The predicted octanol–water partition coefficient (Wildman–Crippen LogP) is 1.39. The van der Waals surface area contributed by atoms with Gasteiger partial charge in [0.2, 0.25) is 5.84 Å². The lowest BCUT2D eigenvalue weighted by atomic mass is 9.97. The molecule has 9 nitrogen and oxygen atoms in total. The van der Waals surface area contributed by atoms with Crippen molar-refractivity contribution < 1.29 is 33.1 Å². The summed E-state index contributed by atoms with van der Waals surface area (Å²) >= 11 is 1.43. The van der Waals surface area contributed by atoms with Crippen molar-refractivity contribution in [2.45, 2.75) is 11.2 Å². The van der Waals surface area contributed by atoms with Crippen LogP contribution < -0.4 is 15.7 Å². The minimum absolute atomic E-state index is 0.356. The number of alkyl halides is 3. The first-order valence-electron chi connectivity index (χ1n) is 9.86. The summed E-state index contributed by atoms with van der Waals surface area (Å²) in [5, 5.41) is 34.1. The normalized spacial score (nSPS) is 12.1. The molecule has 3 rings (SSSR count).